The molecule has 2 aromatic rings. The number of aryl methyl sites for hydroxylation is 2. The number of aromatic nitrogens is 2. The van der Waals surface area contributed by atoms with Crippen LogP contribution in [0.25, 0.3) is 0 Å². The Morgan fingerprint density at radius 3 is 2.83 bits per heavy atom. The van der Waals surface area contributed by atoms with Crippen LogP contribution in [0.15, 0.2) is 24.5 Å². The summed E-state index contributed by atoms with van der Waals surface area (Å²) in [4.78, 5) is 7.90. The highest BCUT2D eigenvalue weighted by Crippen LogP contribution is 2.27. The first-order chi connectivity index (χ1) is 8.61. The molecule has 0 aliphatic heterocycles. The molecule has 0 spiro atoms. The maximum Gasteiger partial charge on any atom is 0.154 e. The molecule has 0 atom stereocenters. The van der Waals surface area contributed by atoms with Crippen molar-refractivity contribution in [2.45, 2.75) is 20.3 Å². The van der Waals surface area contributed by atoms with E-state index in [1.807, 2.05) is 6.07 Å². The number of anilines is 3. The maximum absolute atomic E-state index is 6.04. The van der Waals surface area contributed by atoms with Gasteiger partial charge in [-0.3, -0.25) is 0 Å². The topological polar surface area (TPSA) is 63.8 Å². The van der Waals surface area contributed by atoms with Crippen LogP contribution in [0.1, 0.15) is 18.1 Å². The first-order valence-electron chi connectivity index (χ1n) is 5.74. The number of nitrogens with one attached hydrogen (secondary N) is 1. The summed E-state index contributed by atoms with van der Waals surface area (Å²) < 4.78 is 0. The van der Waals surface area contributed by atoms with E-state index in [1.54, 1.807) is 0 Å². The monoisotopic (exact) mass is 262 g/mol. The molecule has 3 N–H and O–H groups in total. The van der Waals surface area contributed by atoms with E-state index in [0.29, 0.717) is 10.8 Å². The Balaban J connectivity index is 2.31. The molecule has 4 nitrogen and oxygen atoms in total. The molecule has 0 aliphatic rings. The lowest BCUT2D eigenvalue weighted by Gasteiger charge is -2.10. The van der Waals surface area contributed by atoms with Gasteiger partial charge in [0, 0.05) is 5.69 Å². The van der Waals surface area contributed by atoms with Gasteiger partial charge in [0.25, 0.3) is 0 Å². The Bertz CT molecular complexity index is 569. The highest BCUT2D eigenvalue weighted by Gasteiger charge is 2.07. The molecule has 5 heteroatoms. The van der Waals surface area contributed by atoms with Gasteiger partial charge in [-0.1, -0.05) is 24.6 Å². The quantitative estimate of drug-likeness (QED) is 0.891. The fourth-order valence-electron chi connectivity index (χ4n) is 1.74. The van der Waals surface area contributed by atoms with Gasteiger partial charge in [-0.2, -0.15) is 0 Å². The molecule has 2 rings (SSSR count). The lowest BCUT2D eigenvalue weighted by atomic mass is 10.1. The predicted molar refractivity (Wildman–Crippen MR) is 75.3 cm³/mol. The van der Waals surface area contributed by atoms with Gasteiger partial charge in [0.05, 0.1) is 0 Å². The lowest BCUT2D eigenvalue weighted by Crippen LogP contribution is -2.00. The normalized spacial score (nSPS) is 10.4. The second kappa shape index (κ2) is 5.23. The van der Waals surface area contributed by atoms with Crippen molar-refractivity contribution in [2.24, 2.45) is 0 Å². The molecule has 1 heterocycles. The van der Waals surface area contributed by atoms with Gasteiger partial charge in [0.2, 0.25) is 0 Å². The summed E-state index contributed by atoms with van der Waals surface area (Å²) in [6.07, 6.45) is 2.37. The first kappa shape index (κ1) is 12.6. The Kier molecular flexibility index (Phi) is 3.67. The van der Waals surface area contributed by atoms with E-state index in [1.165, 1.54) is 17.5 Å². The first-order valence-corrected chi connectivity index (χ1v) is 6.12. The molecule has 94 valence electrons. The maximum atomic E-state index is 6.04. The molecular formula is C13H15ClN4. The summed E-state index contributed by atoms with van der Waals surface area (Å²) in [6.45, 7) is 4.22. The minimum Gasteiger partial charge on any atom is -0.382 e. The van der Waals surface area contributed by atoms with Crippen LogP contribution < -0.4 is 11.1 Å². The van der Waals surface area contributed by atoms with Crippen molar-refractivity contribution >= 4 is 28.9 Å². The molecule has 0 saturated heterocycles. The summed E-state index contributed by atoms with van der Waals surface area (Å²) in [5.74, 6) is 0.798. The second-order valence-corrected chi connectivity index (χ2v) is 4.42. The van der Waals surface area contributed by atoms with Gasteiger partial charge in [0.1, 0.15) is 17.2 Å². The third kappa shape index (κ3) is 2.54. The largest absolute Gasteiger partial charge is 0.382 e. The van der Waals surface area contributed by atoms with Gasteiger partial charge < -0.3 is 11.1 Å². The molecule has 1 aromatic carbocycles. The molecule has 0 fully saturated rings. The molecule has 18 heavy (non-hydrogen) atoms. The van der Waals surface area contributed by atoms with Crippen LogP contribution in [-0.4, -0.2) is 9.97 Å². The van der Waals surface area contributed by atoms with E-state index in [2.05, 4.69) is 41.3 Å². The number of hydrogen-bond donors (Lipinski definition) is 2. The fraction of sp³-hybridized carbons (Fsp3) is 0.231. The van der Waals surface area contributed by atoms with Crippen LogP contribution in [0.3, 0.4) is 0 Å². The van der Waals surface area contributed by atoms with E-state index >= 15 is 0 Å². The number of halogens is 1. The average Bonchev–Trinajstić information content (AvgIpc) is 2.37. The summed E-state index contributed by atoms with van der Waals surface area (Å²) in [5.41, 5.74) is 9.14. The van der Waals surface area contributed by atoms with E-state index < -0.39 is 0 Å². The van der Waals surface area contributed by atoms with Crippen molar-refractivity contribution in [3.8, 4) is 0 Å². The fourth-order valence-corrected chi connectivity index (χ4v) is 1.88. The third-order valence-corrected chi connectivity index (χ3v) is 3.18. The van der Waals surface area contributed by atoms with E-state index in [0.717, 1.165) is 12.1 Å². The molecule has 0 aliphatic carbocycles. The number of nitrogens with two attached hydrogens (primary N) is 1. The van der Waals surface area contributed by atoms with Crippen molar-refractivity contribution in [2.75, 3.05) is 11.1 Å². The Morgan fingerprint density at radius 1 is 1.33 bits per heavy atom. The number of benzene rings is 1. The number of nitrogen functional groups attached to an aromatic ring is 1. The molecule has 0 amide bonds. The van der Waals surface area contributed by atoms with Gasteiger partial charge in [-0.25, -0.2) is 9.97 Å². The van der Waals surface area contributed by atoms with Gasteiger partial charge in [0.15, 0.2) is 5.82 Å². The van der Waals surface area contributed by atoms with E-state index in [9.17, 15) is 0 Å². The lowest BCUT2D eigenvalue weighted by molar-refractivity contribution is 1.11. The Labute approximate surface area is 111 Å². The highest BCUT2D eigenvalue weighted by molar-refractivity contribution is 6.35. The van der Waals surface area contributed by atoms with Crippen LogP contribution in [0.4, 0.5) is 17.3 Å². The summed E-state index contributed by atoms with van der Waals surface area (Å²) in [5, 5.41) is 3.50. The number of rotatable bonds is 3. The summed E-state index contributed by atoms with van der Waals surface area (Å²) >= 11 is 6.04. The van der Waals surface area contributed by atoms with E-state index in [-0.39, 0.29) is 5.82 Å². The summed E-state index contributed by atoms with van der Waals surface area (Å²) in [6, 6.07) is 6.15. The van der Waals surface area contributed by atoms with Crippen LogP contribution in [-0.2, 0) is 6.42 Å². The molecule has 0 radical (unpaired) electrons. The SMILES string of the molecule is CCc1cc(Nc2ncnc(N)c2Cl)ccc1C. The minimum absolute atomic E-state index is 0.275. The third-order valence-electron chi connectivity index (χ3n) is 2.81. The zero-order chi connectivity index (χ0) is 13.1. The number of hydrogen-bond acceptors (Lipinski definition) is 4. The van der Waals surface area contributed by atoms with Crippen molar-refractivity contribution in [3.05, 3.63) is 40.7 Å². The molecule has 0 unspecified atom stereocenters. The van der Waals surface area contributed by atoms with Crippen LogP contribution in [0.5, 0.6) is 0 Å². The smallest absolute Gasteiger partial charge is 0.154 e. The summed E-state index contributed by atoms with van der Waals surface area (Å²) in [7, 11) is 0. The second-order valence-electron chi connectivity index (χ2n) is 4.04. The Hall–Kier alpha value is -1.81. The predicted octanol–water partition coefficient (Wildman–Crippen LogP) is 3.33. The van der Waals surface area contributed by atoms with E-state index in [4.69, 9.17) is 17.3 Å². The van der Waals surface area contributed by atoms with Gasteiger partial charge >= 0.3 is 0 Å². The standard InChI is InChI=1S/C13H15ClN4/c1-3-9-6-10(5-4-8(9)2)18-13-11(14)12(15)16-7-17-13/h4-7H,3H2,1-2H3,(H3,15,16,17,18). The van der Waals surface area contributed by atoms with Crippen molar-refractivity contribution in [1.29, 1.82) is 0 Å². The highest BCUT2D eigenvalue weighted by atomic mass is 35.5. The average molecular weight is 263 g/mol. The van der Waals surface area contributed by atoms with Crippen molar-refractivity contribution in [3.63, 3.8) is 0 Å². The zero-order valence-corrected chi connectivity index (χ0v) is 11.1. The molecular weight excluding hydrogens is 248 g/mol. The van der Waals surface area contributed by atoms with Crippen molar-refractivity contribution < 1.29 is 0 Å². The van der Waals surface area contributed by atoms with Crippen LogP contribution in [0.2, 0.25) is 5.02 Å². The van der Waals surface area contributed by atoms with Gasteiger partial charge in [-0.15, -0.1) is 0 Å². The van der Waals surface area contributed by atoms with Gasteiger partial charge in [-0.05, 0) is 36.6 Å². The Morgan fingerprint density at radius 2 is 2.11 bits per heavy atom. The number of nitrogens with zero attached hydrogens (tertiary/aromatic N) is 2. The molecule has 0 bridgehead atoms. The van der Waals surface area contributed by atoms with Crippen LogP contribution >= 0.6 is 11.6 Å². The van der Waals surface area contributed by atoms with Crippen molar-refractivity contribution in [1.82, 2.24) is 9.97 Å². The molecule has 0 saturated carbocycles. The molecule has 1 aromatic heterocycles. The van der Waals surface area contributed by atoms with Crippen LogP contribution in [0, 0.1) is 6.92 Å². The minimum atomic E-state index is 0.275. The zero-order valence-electron chi connectivity index (χ0n) is 10.4.